The van der Waals surface area contributed by atoms with Gasteiger partial charge in [-0.15, -0.1) is 0 Å². The number of aromatic nitrogens is 2. The topological polar surface area (TPSA) is 44.7 Å². The minimum Gasteiger partial charge on any atom is -0.457 e. The quantitative estimate of drug-likeness (QED) is 0.166. The van der Waals surface area contributed by atoms with Crippen LogP contribution >= 0.6 is 0 Å². The SMILES string of the molecule is CC(C)(C)c1ccnc(N2c3ccccc3-c3ccccc3-c3ccc(Oc4cccc(N5CN(c6c(C(C)(C)C)cc(-c7ccccn7)cc6C(C)(C)C)c6ccccc65)c4)cc32)c1. The summed E-state index contributed by atoms with van der Waals surface area (Å²) in [4.78, 5) is 17.0. The number of hydrogen-bond donors (Lipinski definition) is 0. The second kappa shape index (κ2) is 15.8. The molecule has 0 spiro atoms. The molecule has 0 bridgehead atoms. The van der Waals surface area contributed by atoms with E-state index in [-0.39, 0.29) is 16.2 Å². The molecule has 0 radical (unpaired) electrons. The van der Waals surface area contributed by atoms with Crippen molar-refractivity contribution in [3.05, 3.63) is 187 Å². The van der Waals surface area contributed by atoms with Gasteiger partial charge in [-0.05, 0) is 123 Å². The van der Waals surface area contributed by atoms with Crippen LogP contribution < -0.4 is 19.4 Å². The lowest BCUT2D eigenvalue weighted by atomic mass is 9.76. The molecule has 324 valence electrons. The summed E-state index contributed by atoms with van der Waals surface area (Å²) in [6, 6.07) is 56.3. The first-order valence-corrected chi connectivity index (χ1v) is 22.8. The zero-order chi connectivity index (χ0) is 45.3. The summed E-state index contributed by atoms with van der Waals surface area (Å²) < 4.78 is 6.91. The Morgan fingerprint density at radius 3 is 1.69 bits per heavy atom. The summed E-state index contributed by atoms with van der Waals surface area (Å²) in [5.74, 6) is 2.37. The number of fused-ring (bicyclic) bond motifs is 6. The normalized spacial score (nSPS) is 13.5. The van der Waals surface area contributed by atoms with Crippen LogP contribution in [-0.4, -0.2) is 16.6 Å². The van der Waals surface area contributed by atoms with Crippen LogP contribution in [0.4, 0.5) is 39.9 Å². The van der Waals surface area contributed by atoms with Crippen LogP contribution in [0, 0.1) is 0 Å². The van der Waals surface area contributed by atoms with Crippen molar-refractivity contribution in [1.82, 2.24) is 9.97 Å². The number of nitrogens with zero attached hydrogens (tertiary/aromatic N) is 5. The Morgan fingerprint density at radius 2 is 1.05 bits per heavy atom. The maximum absolute atomic E-state index is 6.91. The van der Waals surface area contributed by atoms with Crippen LogP contribution in [0.15, 0.2) is 170 Å². The average molecular weight is 852 g/mol. The van der Waals surface area contributed by atoms with Gasteiger partial charge in [0.25, 0.3) is 0 Å². The molecule has 0 amide bonds. The maximum Gasteiger partial charge on any atom is 0.137 e. The molecule has 2 aliphatic rings. The largest absolute Gasteiger partial charge is 0.457 e. The molecule has 0 saturated carbocycles. The van der Waals surface area contributed by atoms with Gasteiger partial charge in [-0.1, -0.05) is 129 Å². The summed E-state index contributed by atoms with van der Waals surface area (Å²) in [5.41, 5.74) is 17.0. The molecule has 0 fully saturated rings. The number of para-hydroxylation sites is 3. The van der Waals surface area contributed by atoms with Gasteiger partial charge in [0.05, 0.1) is 34.1 Å². The predicted octanol–water partition coefficient (Wildman–Crippen LogP) is 16.2. The first kappa shape index (κ1) is 41.8. The van der Waals surface area contributed by atoms with E-state index in [2.05, 4.69) is 229 Å². The van der Waals surface area contributed by atoms with Crippen LogP contribution in [0.2, 0.25) is 0 Å². The van der Waals surface area contributed by atoms with Crippen LogP contribution in [0.1, 0.15) is 79.0 Å². The highest BCUT2D eigenvalue weighted by atomic mass is 16.5. The summed E-state index contributed by atoms with van der Waals surface area (Å²) in [6.45, 7) is 21.3. The van der Waals surface area contributed by atoms with Crippen molar-refractivity contribution in [2.24, 2.45) is 0 Å². The first-order chi connectivity index (χ1) is 31.1. The molecule has 0 N–H and O–H groups in total. The Balaban J connectivity index is 1.05. The number of benzene rings is 6. The van der Waals surface area contributed by atoms with Gasteiger partial charge in [-0.2, -0.15) is 0 Å². The summed E-state index contributed by atoms with van der Waals surface area (Å²) in [7, 11) is 0. The Bertz CT molecular complexity index is 3040. The molecule has 6 heteroatoms. The Morgan fingerprint density at radius 1 is 0.446 bits per heavy atom. The lowest BCUT2D eigenvalue weighted by Crippen LogP contribution is -2.30. The fourth-order valence-electron chi connectivity index (χ4n) is 9.45. The first-order valence-electron chi connectivity index (χ1n) is 22.8. The number of rotatable bonds is 6. The molecular formula is C59H57N5O. The lowest BCUT2D eigenvalue weighted by Gasteiger charge is -2.36. The third kappa shape index (κ3) is 7.71. The Hall–Kier alpha value is -7.18. The minimum absolute atomic E-state index is 0.0494. The third-order valence-electron chi connectivity index (χ3n) is 12.8. The molecule has 0 aliphatic carbocycles. The van der Waals surface area contributed by atoms with E-state index in [1.54, 1.807) is 0 Å². The van der Waals surface area contributed by atoms with E-state index >= 15 is 0 Å². The van der Waals surface area contributed by atoms with E-state index in [0.717, 1.165) is 62.5 Å². The second-order valence-electron chi connectivity index (χ2n) is 20.5. The van der Waals surface area contributed by atoms with Gasteiger partial charge in [0, 0.05) is 46.9 Å². The van der Waals surface area contributed by atoms with Crippen molar-refractivity contribution in [3.63, 3.8) is 0 Å². The van der Waals surface area contributed by atoms with Gasteiger partial charge in [0.15, 0.2) is 0 Å². The summed E-state index contributed by atoms with van der Waals surface area (Å²) in [6.07, 6.45) is 3.82. The standard InChI is InChI=1S/C59H57N5O/c1-57(2,3)40-30-32-61-55(35-40)64-51-25-13-12-23-46(51)44-21-10-11-22-45(44)47-29-28-43(37-54(47)64)65-42-20-18-19-41(36-42)62-38-63(53-27-15-14-26-52(53)62)56-48(58(4,5)6)33-39(34-49(56)59(7,8)9)50-24-16-17-31-60-50/h10-37H,38H2,1-9H3. The molecule has 8 aromatic rings. The number of ether oxygens (including phenoxy) is 1. The molecule has 4 heterocycles. The van der Waals surface area contributed by atoms with Gasteiger partial charge in [-0.3, -0.25) is 9.88 Å². The molecule has 6 aromatic carbocycles. The Labute approximate surface area is 384 Å². The molecule has 0 unspecified atom stereocenters. The van der Waals surface area contributed by atoms with E-state index in [0.29, 0.717) is 6.67 Å². The molecule has 10 rings (SSSR count). The van der Waals surface area contributed by atoms with Crippen LogP contribution in [0.3, 0.4) is 0 Å². The van der Waals surface area contributed by atoms with Crippen LogP contribution in [-0.2, 0) is 16.2 Å². The van der Waals surface area contributed by atoms with Crippen molar-refractivity contribution >= 4 is 39.9 Å². The van der Waals surface area contributed by atoms with Gasteiger partial charge >= 0.3 is 0 Å². The lowest BCUT2D eigenvalue weighted by molar-refractivity contribution is 0.483. The maximum atomic E-state index is 6.91. The van der Waals surface area contributed by atoms with Crippen molar-refractivity contribution < 1.29 is 4.74 Å². The Kier molecular flexibility index (Phi) is 10.2. The second-order valence-corrected chi connectivity index (χ2v) is 20.5. The van der Waals surface area contributed by atoms with Crippen LogP contribution in [0.5, 0.6) is 11.5 Å². The van der Waals surface area contributed by atoms with Crippen molar-refractivity contribution in [1.29, 1.82) is 0 Å². The fourth-order valence-corrected chi connectivity index (χ4v) is 9.45. The van der Waals surface area contributed by atoms with Crippen molar-refractivity contribution in [2.75, 3.05) is 21.4 Å². The third-order valence-corrected chi connectivity index (χ3v) is 12.8. The van der Waals surface area contributed by atoms with Gasteiger partial charge in [0.1, 0.15) is 24.0 Å². The zero-order valence-electron chi connectivity index (χ0n) is 39.0. The molecule has 0 atom stereocenters. The van der Waals surface area contributed by atoms with E-state index in [1.165, 1.54) is 39.2 Å². The van der Waals surface area contributed by atoms with E-state index in [1.807, 2.05) is 18.5 Å². The van der Waals surface area contributed by atoms with Crippen molar-refractivity contribution in [3.8, 4) is 45.0 Å². The molecule has 65 heavy (non-hydrogen) atoms. The molecule has 2 aliphatic heterocycles. The smallest absolute Gasteiger partial charge is 0.137 e. The number of pyridine rings is 2. The van der Waals surface area contributed by atoms with E-state index in [9.17, 15) is 0 Å². The predicted molar refractivity (Wildman–Crippen MR) is 271 cm³/mol. The molecule has 2 aromatic heterocycles. The highest BCUT2D eigenvalue weighted by Gasteiger charge is 2.36. The van der Waals surface area contributed by atoms with Gasteiger partial charge in [0.2, 0.25) is 0 Å². The van der Waals surface area contributed by atoms with Crippen LogP contribution in [0.25, 0.3) is 33.5 Å². The van der Waals surface area contributed by atoms with E-state index < -0.39 is 0 Å². The fraction of sp³-hybridized carbons (Fsp3) is 0.220. The summed E-state index contributed by atoms with van der Waals surface area (Å²) in [5, 5.41) is 0. The molecule has 6 nitrogen and oxygen atoms in total. The van der Waals surface area contributed by atoms with Crippen molar-refractivity contribution in [2.45, 2.75) is 78.6 Å². The monoisotopic (exact) mass is 851 g/mol. The minimum atomic E-state index is -0.144. The van der Waals surface area contributed by atoms with Gasteiger partial charge < -0.3 is 14.5 Å². The molecular weight excluding hydrogens is 795 g/mol. The number of anilines is 7. The van der Waals surface area contributed by atoms with E-state index in [4.69, 9.17) is 14.7 Å². The summed E-state index contributed by atoms with van der Waals surface area (Å²) >= 11 is 0. The average Bonchev–Trinajstić information content (AvgIpc) is 3.63. The number of hydrogen-bond acceptors (Lipinski definition) is 6. The van der Waals surface area contributed by atoms with Gasteiger partial charge in [-0.25, -0.2) is 4.98 Å². The molecule has 0 saturated heterocycles. The highest BCUT2D eigenvalue weighted by Crippen LogP contribution is 2.53. The zero-order valence-corrected chi connectivity index (χ0v) is 39.0. The highest BCUT2D eigenvalue weighted by molar-refractivity contribution is 6.02.